The van der Waals surface area contributed by atoms with Gasteiger partial charge in [-0.05, 0) is 42.3 Å². The molecular weight excluding hydrogens is 294 g/mol. The minimum absolute atomic E-state index is 0.135. The van der Waals surface area contributed by atoms with Gasteiger partial charge in [-0.15, -0.1) is 0 Å². The molecule has 0 radical (unpaired) electrons. The van der Waals surface area contributed by atoms with E-state index in [1.165, 1.54) is 0 Å². The average molecular weight is 315 g/mol. The summed E-state index contributed by atoms with van der Waals surface area (Å²) in [6, 6.07) is 11.2. The molecule has 0 bridgehead atoms. The molecule has 0 aliphatic rings. The van der Waals surface area contributed by atoms with E-state index in [1.807, 2.05) is 50.2 Å². The van der Waals surface area contributed by atoms with E-state index >= 15 is 0 Å². The summed E-state index contributed by atoms with van der Waals surface area (Å²) in [6.45, 7) is 4.02. The molecule has 0 saturated heterocycles. The lowest BCUT2D eigenvalue weighted by Gasteiger charge is -2.17. The van der Waals surface area contributed by atoms with E-state index in [9.17, 15) is 4.79 Å². The van der Waals surface area contributed by atoms with Crippen molar-refractivity contribution in [3.8, 4) is 0 Å². The molecule has 2 unspecified atom stereocenters. The molecule has 0 saturated carbocycles. The Bertz CT molecular complexity index is 601. The molecule has 0 aliphatic carbocycles. The number of hydrogen-bond donors (Lipinski definition) is 2. The van der Waals surface area contributed by atoms with E-state index in [1.54, 1.807) is 24.2 Å². The number of aromatic nitrogens is 1. The lowest BCUT2D eigenvalue weighted by atomic mass is 9.99. The van der Waals surface area contributed by atoms with Gasteiger partial charge < -0.3 is 11.1 Å². The highest BCUT2D eigenvalue weighted by atomic mass is 32.2. The summed E-state index contributed by atoms with van der Waals surface area (Å²) in [5, 5.41) is 2.86. The molecule has 0 spiro atoms. The second-order valence-corrected chi connectivity index (χ2v) is 6.36. The number of carbonyl (C=O) groups excluding carboxylic acids is 1. The molecule has 1 aromatic carbocycles. The fourth-order valence-electron chi connectivity index (χ4n) is 1.89. The van der Waals surface area contributed by atoms with Crippen LogP contribution < -0.4 is 11.1 Å². The van der Waals surface area contributed by atoms with Crippen LogP contribution in [0.3, 0.4) is 0 Å². The van der Waals surface area contributed by atoms with Gasteiger partial charge in [0.2, 0.25) is 5.91 Å². The lowest BCUT2D eigenvalue weighted by molar-refractivity contribution is -0.118. The molecule has 1 heterocycles. The van der Waals surface area contributed by atoms with Crippen molar-refractivity contribution in [3.05, 3.63) is 48.8 Å². The van der Waals surface area contributed by atoms with Crippen LogP contribution in [-0.4, -0.2) is 16.9 Å². The zero-order valence-electron chi connectivity index (χ0n) is 12.8. The van der Waals surface area contributed by atoms with Gasteiger partial charge in [-0.2, -0.15) is 0 Å². The van der Waals surface area contributed by atoms with E-state index in [-0.39, 0.29) is 11.8 Å². The van der Waals surface area contributed by atoms with Crippen LogP contribution in [0.2, 0.25) is 0 Å². The number of anilines is 1. The lowest BCUT2D eigenvalue weighted by Crippen LogP contribution is -2.40. The standard InChI is InChI=1S/C17H21N3OS/c1-3-12(2)16(18)17(21)20-13-4-6-14(7-5-13)22-15-8-10-19-11-9-15/h4-12,16H,3,18H2,1-2H3,(H,20,21). The Morgan fingerprint density at radius 3 is 2.36 bits per heavy atom. The summed E-state index contributed by atoms with van der Waals surface area (Å²) in [5.74, 6) is 0.0328. The normalized spacial score (nSPS) is 13.4. The number of nitrogens with zero attached hydrogens (tertiary/aromatic N) is 1. The van der Waals surface area contributed by atoms with Gasteiger partial charge in [0.25, 0.3) is 0 Å². The average Bonchev–Trinajstić information content (AvgIpc) is 2.56. The van der Waals surface area contributed by atoms with E-state index in [2.05, 4.69) is 10.3 Å². The number of nitrogens with one attached hydrogen (secondary N) is 1. The smallest absolute Gasteiger partial charge is 0.241 e. The number of benzene rings is 1. The fraction of sp³-hybridized carbons (Fsp3) is 0.294. The zero-order chi connectivity index (χ0) is 15.9. The van der Waals surface area contributed by atoms with Crippen molar-refractivity contribution in [2.75, 3.05) is 5.32 Å². The third-order valence-corrected chi connectivity index (χ3v) is 4.58. The van der Waals surface area contributed by atoms with Crippen molar-refractivity contribution in [3.63, 3.8) is 0 Å². The Morgan fingerprint density at radius 1 is 1.18 bits per heavy atom. The Balaban J connectivity index is 1.96. The molecule has 1 amide bonds. The number of rotatable bonds is 6. The number of pyridine rings is 1. The van der Waals surface area contributed by atoms with Crippen LogP contribution in [-0.2, 0) is 4.79 Å². The molecule has 1 aromatic heterocycles. The van der Waals surface area contributed by atoms with Crippen LogP contribution in [0, 0.1) is 5.92 Å². The number of nitrogens with two attached hydrogens (primary N) is 1. The predicted molar refractivity (Wildman–Crippen MR) is 90.9 cm³/mol. The molecule has 2 atom stereocenters. The highest BCUT2D eigenvalue weighted by Gasteiger charge is 2.19. The van der Waals surface area contributed by atoms with Gasteiger partial charge in [-0.1, -0.05) is 32.0 Å². The van der Waals surface area contributed by atoms with Crippen LogP contribution in [0.15, 0.2) is 58.6 Å². The Morgan fingerprint density at radius 2 is 1.77 bits per heavy atom. The quantitative estimate of drug-likeness (QED) is 0.855. The van der Waals surface area contributed by atoms with Crippen LogP contribution in [0.25, 0.3) is 0 Å². The monoisotopic (exact) mass is 315 g/mol. The summed E-state index contributed by atoms with van der Waals surface area (Å²) >= 11 is 1.65. The first-order chi connectivity index (χ1) is 10.6. The van der Waals surface area contributed by atoms with E-state index in [0.29, 0.717) is 0 Å². The third-order valence-electron chi connectivity index (χ3n) is 3.57. The maximum atomic E-state index is 12.0. The van der Waals surface area contributed by atoms with E-state index in [4.69, 9.17) is 5.73 Å². The van der Waals surface area contributed by atoms with Gasteiger partial charge in [-0.3, -0.25) is 9.78 Å². The molecule has 2 rings (SSSR count). The van der Waals surface area contributed by atoms with Crippen LogP contribution in [0.4, 0.5) is 5.69 Å². The summed E-state index contributed by atoms with van der Waals surface area (Å²) in [5.41, 5.74) is 6.70. The van der Waals surface area contributed by atoms with Gasteiger partial charge in [0.1, 0.15) is 0 Å². The highest BCUT2D eigenvalue weighted by molar-refractivity contribution is 7.99. The molecule has 22 heavy (non-hydrogen) atoms. The molecule has 116 valence electrons. The van der Waals surface area contributed by atoms with Gasteiger partial charge in [0.05, 0.1) is 6.04 Å². The second-order valence-electron chi connectivity index (χ2n) is 5.21. The number of hydrogen-bond acceptors (Lipinski definition) is 4. The maximum Gasteiger partial charge on any atom is 0.241 e. The Hall–Kier alpha value is -1.85. The topological polar surface area (TPSA) is 68.0 Å². The first-order valence-corrected chi connectivity index (χ1v) is 8.16. The summed E-state index contributed by atoms with van der Waals surface area (Å²) in [7, 11) is 0. The van der Waals surface area contributed by atoms with Crippen LogP contribution in [0.1, 0.15) is 20.3 Å². The maximum absolute atomic E-state index is 12.0. The zero-order valence-corrected chi connectivity index (χ0v) is 13.6. The van der Waals surface area contributed by atoms with Gasteiger partial charge in [-0.25, -0.2) is 0 Å². The molecule has 2 aromatic rings. The van der Waals surface area contributed by atoms with Crippen molar-refractivity contribution in [1.82, 2.24) is 4.98 Å². The fourth-order valence-corrected chi connectivity index (χ4v) is 2.69. The van der Waals surface area contributed by atoms with Crippen molar-refractivity contribution in [1.29, 1.82) is 0 Å². The highest BCUT2D eigenvalue weighted by Crippen LogP contribution is 2.27. The molecular formula is C17H21N3OS. The van der Waals surface area contributed by atoms with Gasteiger partial charge >= 0.3 is 0 Å². The summed E-state index contributed by atoms with van der Waals surface area (Å²) in [6.07, 6.45) is 4.43. The van der Waals surface area contributed by atoms with Crippen molar-refractivity contribution in [2.24, 2.45) is 11.7 Å². The second kappa shape index (κ2) is 7.96. The number of amides is 1. The summed E-state index contributed by atoms with van der Waals surface area (Å²) in [4.78, 5) is 18.3. The third kappa shape index (κ3) is 4.58. The molecule has 3 N–H and O–H groups in total. The Kier molecular flexibility index (Phi) is 5.98. The minimum atomic E-state index is -0.476. The van der Waals surface area contributed by atoms with Crippen LogP contribution >= 0.6 is 11.8 Å². The van der Waals surface area contributed by atoms with Gasteiger partial charge in [0, 0.05) is 27.9 Å². The molecule has 5 heteroatoms. The SMILES string of the molecule is CCC(C)C(N)C(=O)Nc1ccc(Sc2ccncc2)cc1. The first kappa shape index (κ1) is 16.5. The van der Waals surface area contributed by atoms with Crippen LogP contribution in [0.5, 0.6) is 0 Å². The van der Waals surface area contributed by atoms with Crippen molar-refractivity contribution < 1.29 is 4.79 Å². The van der Waals surface area contributed by atoms with E-state index in [0.717, 1.165) is 21.9 Å². The van der Waals surface area contributed by atoms with Crippen molar-refractivity contribution in [2.45, 2.75) is 36.1 Å². The largest absolute Gasteiger partial charge is 0.325 e. The predicted octanol–water partition coefficient (Wildman–Crippen LogP) is 3.54. The van der Waals surface area contributed by atoms with E-state index < -0.39 is 6.04 Å². The molecule has 0 aliphatic heterocycles. The molecule has 0 fully saturated rings. The summed E-state index contributed by atoms with van der Waals surface area (Å²) < 4.78 is 0. The Labute approximate surface area is 135 Å². The van der Waals surface area contributed by atoms with Crippen molar-refractivity contribution >= 4 is 23.4 Å². The number of carbonyl (C=O) groups is 1. The van der Waals surface area contributed by atoms with Gasteiger partial charge in [0.15, 0.2) is 0 Å². The minimum Gasteiger partial charge on any atom is -0.325 e. The molecule has 4 nitrogen and oxygen atoms in total. The first-order valence-electron chi connectivity index (χ1n) is 7.34.